The predicted molar refractivity (Wildman–Crippen MR) is 88.7 cm³/mol. The fraction of sp³-hybridized carbons (Fsp3) is 0.0714. The lowest BCUT2D eigenvalue weighted by atomic mass is 10.2. The quantitative estimate of drug-likeness (QED) is 0.788. The number of rotatable bonds is 3. The summed E-state index contributed by atoms with van der Waals surface area (Å²) in [6.07, 6.45) is 0. The highest BCUT2D eigenvalue weighted by atomic mass is 79.9. The maximum absolute atomic E-state index is 5.83. The molecule has 2 rings (SSSR count). The van der Waals surface area contributed by atoms with Crippen molar-refractivity contribution in [2.75, 3.05) is 5.32 Å². The van der Waals surface area contributed by atoms with E-state index in [4.69, 9.17) is 23.8 Å². The molecule has 2 nitrogen and oxygen atoms in total. The molecular weight excluding hydrogens is 344 g/mol. The molecule has 2 N–H and O–H groups in total. The molecule has 5 heteroatoms. The highest BCUT2D eigenvalue weighted by molar-refractivity contribution is 9.10. The topological polar surface area (TPSA) is 24.1 Å². The van der Waals surface area contributed by atoms with E-state index in [0.29, 0.717) is 16.7 Å². The number of hydrogen-bond acceptors (Lipinski definition) is 1. The van der Waals surface area contributed by atoms with Gasteiger partial charge in [-0.2, -0.15) is 0 Å². The van der Waals surface area contributed by atoms with Crippen LogP contribution in [-0.4, -0.2) is 5.11 Å². The van der Waals surface area contributed by atoms with E-state index in [1.807, 2.05) is 48.5 Å². The lowest BCUT2D eigenvalue weighted by Gasteiger charge is -2.11. The summed E-state index contributed by atoms with van der Waals surface area (Å²) in [5.41, 5.74) is 2.07. The maximum atomic E-state index is 5.83. The van der Waals surface area contributed by atoms with Gasteiger partial charge in [-0.3, -0.25) is 0 Å². The molecule has 2 aromatic rings. The zero-order valence-corrected chi connectivity index (χ0v) is 13.1. The van der Waals surface area contributed by atoms with E-state index in [9.17, 15) is 0 Å². The Morgan fingerprint density at radius 2 is 1.79 bits per heavy atom. The molecular formula is C14H12BrClN2S. The summed E-state index contributed by atoms with van der Waals surface area (Å²) in [6, 6.07) is 15.4. The molecule has 98 valence electrons. The molecule has 0 amide bonds. The Morgan fingerprint density at radius 1 is 1.11 bits per heavy atom. The maximum Gasteiger partial charge on any atom is 0.171 e. The second-order valence-corrected chi connectivity index (χ2v) is 5.61. The van der Waals surface area contributed by atoms with Gasteiger partial charge in [-0.25, -0.2) is 0 Å². The summed E-state index contributed by atoms with van der Waals surface area (Å²) in [6.45, 7) is 0.668. The minimum atomic E-state index is 0.582. The van der Waals surface area contributed by atoms with Gasteiger partial charge in [0.15, 0.2) is 5.11 Å². The van der Waals surface area contributed by atoms with E-state index in [0.717, 1.165) is 15.7 Å². The normalized spacial score (nSPS) is 10.0. The summed E-state index contributed by atoms with van der Waals surface area (Å²) < 4.78 is 1.07. The van der Waals surface area contributed by atoms with E-state index in [1.54, 1.807) is 0 Å². The van der Waals surface area contributed by atoms with Crippen LogP contribution in [0.2, 0.25) is 5.02 Å². The van der Waals surface area contributed by atoms with Gasteiger partial charge in [-0.15, -0.1) is 0 Å². The standard InChI is InChI=1S/C14H12BrClN2S/c15-13-4-2-1-3-10(13)9-17-14(19)18-12-7-5-11(16)6-8-12/h1-8H,9H2,(H2,17,18,19). The third kappa shape index (κ3) is 4.49. The van der Waals surface area contributed by atoms with Gasteiger partial charge in [0.05, 0.1) is 0 Å². The van der Waals surface area contributed by atoms with E-state index < -0.39 is 0 Å². The Labute approximate surface area is 131 Å². The minimum absolute atomic E-state index is 0.582. The van der Waals surface area contributed by atoms with Crippen molar-refractivity contribution in [3.05, 3.63) is 63.6 Å². The Balaban J connectivity index is 1.88. The summed E-state index contributed by atoms with van der Waals surface area (Å²) in [5.74, 6) is 0. The monoisotopic (exact) mass is 354 g/mol. The molecule has 0 aliphatic carbocycles. The van der Waals surface area contributed by atoms with Gasteiger partial charge >= 0.3 is 0 Å². The number of halogens is 2. The Hall–Kier alpha value is -1.10. The van der Waals surface area contributed by atoms with E-state index in [-0.39, 0.29) is 0 Å². The minimum Gasteiger partial charge on any atom is -0.358 e. The summed E-state index contributed by atoms with van der Waals surface area (Å²) >= 11 is 14.6. The largest absolute Gasteiger partial charge is 0.358 e. The molecule has 19 heavy (non-hydrogen) atoms. The Kier molecular flexibility index (Phi) is 5.19. The summed E-state index contributed by atoms with van der Waals surface area (Å²) in [5, 5.41) is 7.55. The van der Waals surface area contributed by atoms with Crippen LogP contribution in [-0.2, 0) is 6.54 Å². The van der Waals surface area contributed by atoms with Gasteiger partial charge in [0.1, 0.15) is 0 Å². The van der Waals surface area contributed by atoms with Gasteiger partial charge < -0.3 is 10.6 Å². The van der Waals surface area contributed by atoms with Crippen molar-refractivity contribution in [1.82, 2.24) is 5.32 Å². The predicted octanol–water partition coefficient (Wildman–Crippen LogP) is 4.59. The Morgan fingerprint density at radius 3 is 2.47 bits per heavy atom. The van der Waals surface area contributed by atoms with Gasteiger partial charge in [0.25, 0.3) is 0 Å². The van der Waals surface area contributed by atoms with Crippen LogP contribution in [0.3, 0.4) is 0 Å². The third-order valence-electron chi connectivity index (χ3n) is 2.50. The lowest BCUT2D eigenvalue weighted by Crippen LogP contribution is -2.27. The molecule has 0 bridgehead atoms. The van der Waals surface area contributed by atoms with Gasteiger partial charge in [-0.05, 0) is 48.1 Å². The van der Waals surface area contributed by atoms with Crippen molar-refractivity contribution in [2.45, 2.75) is 6.54 Å². The smallest absolute Gasteiger partial charge is 0.171 e. The van der Waals surface area contributed by atoms with Crippen LogP contribution < -0.4 is 10.6 Å². The van der Waals surface area contributed by atoms with Crippen molar-refractivity contribution < 1.29 is 0 Å². The van der Waals surface area contributed by atoms with Crippen molar-refractivity contribution >= 4 is 50.5 Å². The van der Waals surface area contributed by atoms with E-state index in [2.05, 4.69) is 26.6 Å². The number of thiocarbonyl (C=S) groups is 1. The third-order valence-corrected chi connectivity index (χ3v) is 3.77. The molecule has 0 saturated carbocycles. The molecule has 0 fully saturated rings. The molecule has 0 spiro atoms. The van der Waals surface area contributed by atoms with E-state index >= 15 is 0 Å². The summed E-state index contributed by atoms with van der Waals surface area (Å²) in [4.78, 5) is 0. The first kappa shape index (κ1) is 14.3. The molecule has 2 aromatic carbocycles. The van der Waals surface area contributed by atoms with Crippen molar-refractivity contribution in [2.24, 2.45) is 0 Å². The zero-order valence-electron chi connectivity index (χ0n) is 9.99. The van der Waals surface area contributed by atoms with Gasteiger partial charge in [-0.1, -0.05) is 45.7 Å². The van der Waals surface area contributed by atoms with Crippen LogP contribution in [0.25, 0.3) is 0 Å². The molecule has 0 aliphatic rings. The molecule has 0 atom stereocenters. The van der Waals surface area contributed by atoms with Crippen LogP contribution in [0.15, 0.2) is 53.0 Å². The first-order valence-corrected chi connectivity index (χ1v) is 7.27. The molecule has 0 unspecified atom stereocenters. The number of nitrogens with one attached hydrogen (secondary N) is 2. The van der Waals surface area contributed by atoms with Crippen molar-refractivity contribution in [3.8, 4) is 0 Å². The zero-order chi connectivity index (χ0) is 13.7. The average Bonchev–Trinajstić information content (AvgIpc) is 2.40. The molecule has 0 heterocycles. The number of benzene rings is 2. The average molecular weight is 356 g/mol. The van der Waals surface area contributed by atoms with Gasteiger partial charge in [0, 0.05) is 21.7 Å². The van der Waals surface area contributed by atoms with E-state index in [1.165, 1.54) is 0 Å². The first-order chi connectivity index (χ1) is 9.15. The molecule has 0 aromatic heterocycles. The van der Waals surface area contributed by atoms with Crippen molar-refractivity contribution in [1.29, 1.82) is 0 Å². The van der Waals surface area contributed by atoms with Gasteiger partial charge in [0.2, 0.25) is 0 Å². The lowest BCUT2D eigenvalue weighted by molar-refractivity contribution is 0.920. The van der Waals surface area contributed by atoms with Crippen molar-refractivity contribution in [3.63, 3.8) is 0 Å². The van der Waals surface area contributed by atoms with Crippen LogP contribution in [0.1, 0.15) is 5.56 Å². The number of anilines is 1. The fourth-order valence-corrected chi connectivity index (χ4v) is 2.27. The molecule has 0 aliphatic heterocycles. The van der Waals surface area contributed by atoms with Crippen LogP contribution in [0.5, 0.6) is 0 Å². The second-order valence-electron chi connectivity index (χ2n) is 3.91. The van der Waals surface area contributed by atoms with Crippen LogP contribution >= 0.6 is 39.7 Å². The Bertz CT molecular complexity index is 572. The van der Waals surface area contributed by atoms with Crippen LogP contribution in [0, 0.1) is 0 Å². The highest BCUT2D eigenvalue weighted by Gasteiger charge is 2.00. The fourth-order valence-electron chi connectivity index (χ4n) is 1.53. The first-order valence-electron chi connectivity index (χ1n) is 5.69. The highest BCUT2D eigenvalue weighted by Crippen LogP contribution is 2.16. The molecule has 0 radical (unpaired) electrons. The molecule has 0 saturated heterocycles. The second kappa shape index (κ2) is 6.89. The SMILES string of the molecule is S=C(NCc1ccccc1Br)Nc1ccc(Cl)cc1. The van der Waals surface area contributed by atoms with Crippen LogP contribution in [0.4, 0.5) is 5.69 Å². The summed E-state index contributed by atoms with van der Waals surface area (Å²) in [7, 11) is 0. The number of hydrogen-bond donors (Lipinski definition) is 2.